The molecule has 0 spiro atoms. The van der Waals surface area contributed by atoms with Crippen LogP contribution in [0.1, 0.15) is 39.5 Å². The van der Waals surface area contributed by atoms with Gasteiger partial charge in [0.15, 0.2) is 0 Å². The molecule has 0 bridgehead atoms. The van der Waals surface area contributed by atoms with Crippen molar-refractivity contribution in [3.63, 3.8) is 0 Å². The van der Waals surface area contributed by atoms with E-state index in [1.165, 1.54) is 0 Å². The molecule has 6 nitrogen and oxygen atoms in total. The van der Waals surface area contributed by atoms with E-state index < -0.39 is 0 Å². The lowest BCUT2D eigenvalue weighted by atomic mass is 10.0. The topological polar surface area (TPSA) is 96.2 Å². The van der Waals surface area contributed by atoms with E-state index in [1.54, 1.807) is 18.2 Å². The van der Waals surface area contributed by atoms with Gasteiger partial charge in [0.1, 0.15) is 0 Å². The van der Waals surface area contributed by atoms with Gasteiger partial charge in [-0.1, -0.05) is 48.0 Å². The van der Waals surface area contributed by atoms with Gasteiger partial charge in [0.25, 0.3) is 5.91 Å². The first-order valence-corrected chi connectivity index (χ1v) is 11.0. The molecule has 4 rings (SSSR count). The van der Waals surface area contributed by atoms with Crippen LogP contribution in [0.25, 0.3) is 0 Å². The van der Waals surface area contributed by atoms with Crippen LogP contribution in [0.2, 0.25) is 5.02 Å². The van der Waals surface area contributed by atoms with E-state index in [2.05, 4.69) is 16.0 Å². The number of rotatable bonds is 6. The van der Waals surface area contributed by atoms with E-state index in [4.69, 9.17) is 17.3 Å². The van der Waals surface area contributed by atoms with Gasteiger partial charge in [-0.15, -0.1) is 0 Å². The lowest BCUT2D eigenvalue weighted by molar-refractivity contribution is 0.102. The summed E-state index contributed by atoms with van der Waals surface area (Å²) >= 11 is 6.16. The van der Waals surface area contributed by atoms with Crippen LogP contribution in [-0.4, -0.2) is 18.5 Å². The van der Waals surface area contributed by atoms with Gasteiger partial charge < -0.3 is 21.7 Å². The molecule has 32 heavy (non-hydrogen) atoms. The third-order valence-corrected chi connectivity index (χ3v) is 6.00. The number of fused-ring (bicyclic) bond motifs is 1. The van der Waals surface area contributed by atoms with E-state index in [0.717, 1.165) is 29.5 Å². The Morgan fingerprint density at radius 1 is 1.03 bits per heavy atom. The second kappa shape index (κ2) is 9.75. The number of carbonyl (C=O) groups excluding carboxylic acids is 2. The number of benzene rings is 3. The van der Waals surface area contributed by atoms with Crippen LogP contribution < -0.4 is 21.7 Å². The van der Waals surface area contributed by atoms with Gasteiger partial charge in [0.05, 0.1) is 17.4 Å². The van der Waals surface area contributed by atoms with Crippen LogP contribution in [0.5, 0.6) is 0 Å². The lowest BCUT2D eigenvalue weighted by Crippen LogP contribution is -2.38. The number of para-hydroxylation sites is 2. The first-order chi connectivity index (χ1) is 15.5. The predicted octanol–water partition coefficient (Wildman–Crippen LogP) is 4.70. The third kappa shape index (κ3) is 5.03. The maximum atomic E-state index is 12.6. The minimum absolute atomic E-state index is 0.0767. The first-order valence-electron chi connectivity index (χ1n) is 10.6. The van der Waals surface area contributed by atoms with Crippen molar-refractivity contribution in [3.05, 3.63) is 94.0 Å². The Morgan fingerprint density at radius 3 is 2.62 bits per heavy atom. The van der Waals surface area contributed by atoms with Crippen LogP contribution in [0.3, 0.4) is 0 Å². The van der Waals surface area contributed by atoms with Gasteiger partial charge >= 0.3 is 6.03 Å². The number of carbonyl (C=O) groups is 2. The zero-order valence-electron chi connectivity index (χ0n) is 17.5. The van der Waals surface area contributed by atoms with Crippen LogP contribution in [0.15, 0.2) is 66.7 Å². The Hall–Kier alpha value is -3.51. The summed E-state index contributed by atoms with van der Waals surface area (Å²) in [6, 6.07) is 20.1. The molecule has 1 aliphatic carbocycles. The van der Waals surface area contributed by atoms with E-state index in [0.29, 0.717) is 34.9 Å². The summed E-state index contributed by atoms with van der Waals surface area (Å²) in [4.78, 5) is 25.0. The van der Waals surface area contributed by atoms with Crippen molar-refractivity contribution in [1.82, 2.24) is 10.6 Å². The van der Waals surface area contributed by atoms with Crippen LogP contribution in [-0.2, 0) is 12.8 Å². The monoisotopic (exact) mass is 448 g/mol. The second-order valence-corrected chi connectivity index (χ2v) is 8.20. The molecule has 0 aromatic heterocycles. The summed E-state index contributed by atoms with van der Waals surface area (Å²) in [5.74, 6) is -0.209. The fraction of sp³-hybridized carbons (Fsp3) is 0.200. The fourth-order valence-corrected chi connectivity index (χ4v) is 4.17. The zero-order valence-corrected chi connectivity index (χ0v) is 18.3. The summed E-state index contributed by atoms with van der Waals surface area (Å²) in [6.45, 7) is 0.497. The Balaban J connectivity index is 1.33. The fourth-order valence-electron chi connectivity index (χ4n) is 3.94. The number of amides is 3. The highest BCUT2D eigenvalue weighted by molar-refractivity contribution is 6.31. The average Bonchev–Trinajstić information content (AvgIpc) is 3.18. The Labute approximate surface area is 192 Å². The SMILES string of the molecule is Nc1ccccc1NC(=O)c1ccc2c(c1)CCC2NC(=O)NCCc1ccccc1Cl. The van der Waals surface area contributed by atoms with Crippen LogP contribution >= 0.6 is 11.6 Å². The molecule has 3 aromatic carbocycles. The van der Waals surface area contributed by atoms with Gasteiger partial charge in [-0.05, 0) is 66.3 Å². The van der Waals surface area contributed by atoms with Crippen LogP contribution in [0.4, 0.5) is 16.2 Å². The lowest BCUT2D eigenvalue weighted by Gasteiger charge is -2.15. The number of hydrogen-bond donors (Lipinski definition) is 4. The highest BCUT2D eigenvalue weighted by Crippen LogP contribution is 2.32. The smallest absolute Gasteiger partial charge is 0.315 e. The van der Waals surface area contributed by atoms with Gasteiger partial charge in [-0.25, -0.2) is 4.79 Å². The van der Waals surface area contributed by atoms with E-state index >= 15 is 0 Å². The molecule has 164 valence electrons. The standard InChI is InChI=1S/C25H25ClN4O2/c26-20-6-2-1-5-16(20)13-14-28-25(32)30-22-12-10-17-15-18(9-11-19(17)22)24(31)29-23-8-4-3-7-21(23)27/h1-9,11,15,22H,10,12-14,27H2,(H,29,31)(H2,28,30,32). The van der Waals surface area contributed by atoms with Crippen molar-refractivity contribution in [2.24, 2.45) is 0 Å². The van der Waals surface area contributed by atoms with Gasteiger partial charge in [-0.2, -0.15) is 0 Å². The molecule has 1 aliphatic rings. The number of nitrogens with one attached hydrogen (secondary N) is 3. The molecule has 3 amide bonds. The van der Waals surface area contributed by atoms with E-state index in [9.17, 15) is 9.59 Å². The number of anilines is 2. The van der Waals surface area contributed by atoms with E-state index in [1.807, 2.05) is 48.5 Å². The zero-order chi connectivity index (χ0) is 22.5. The molecule has 1 unspecified atom stereocenters. The molecule has 0 aliphatic heterocycles. The highest BCUT2D eigenvalue weighted by atomic mass is 35.5. The molecular weight excluding hydrogens is 424 g/mol. The summed E-state index contributed by atoms with van der Waals surface area (Å²) in [5, 5.41) is 9.48. The van der Waals surface area contributed by atoms with Crippen molar-refractivity contribution in [2.45, 2.75) is 25.3 Å². The molecule has 7 heteroatoms. The predicted molar refractivity (Wildman–Crippen MR) is 128 cm³/mol. The van der Waals surface area contributed by atoms with Gasteiger partial charge in [0, 0.05) is 17.1 Å². The number of urea groups is 1. The maximum absolute atomic E-state index is 12.6. The molecule has 1 atom stereocenters. The number of aryl methyl sites for hydroxylation is 1. The maximum Gasteiger partial charge on any atom is 0.315 e. The Kier molecular flexibility index (Phi) is 6.61. The molecule has 0 radical (unpaired) electrons. The number of nitrogens with two attached hydrogens (primary N) is 1. The first kappa shape index (κ1) is 21.7. The largest absolute Gasteiger partial charge is 0.397 e. The third-order valence-electron chi connectivity index (χ3n) is 5.63. The minimum Gasteiger partial charge on any atom is -0.397 e. The van der Waals surface area contributed by atoms with Gasteiger partial charge in [-0.3, -0.25) is 4.79 Å². The van der Waals surface area contributed by atoms with Crippen molar-refractivity contribution >= 4 is 34.9 Å². The molecule has 5 N–H and O–H groups in total. The molecule has 0 saturated heterocycles. The normalized spacial score (nSPS) is 14.5. The molecule has 0 heterocycles. The van der Waals surface area contributed by atoms with Crippen LogP contribution in [0, 0.1) is 0 Å². The second-order valence-electron chi connectivity index (χ2n) is 7.79. The summed E-state index contributed by atoms with van der Waals surface area (Å²) < 4.78 is 0. The molecule has 0 fully saturated rings. The summed E-state index contributed by atoms with van der Waals surface area (Å²) in [7, 11) is 0. The Morgan fingerprint density at radius 2 is 1.81 bits per heavy atom. The Bertz CT molecular complexity index is 1150. The molecule has 3 aromatic rings. The van der Waals surface area contributed by atoms with Crippen molar-refractivity contribution < 1.29 is 9.59 Å². The minimum atomic E-state index is -0.212. The summed E-state index contributed by atoms with van der Waals surface area (Å²) in [6.07, 6.45) is 2.26. The number of halogens is 1. The summed E-state index contributed by atoms with van der Waals surface area (Å²) in [5.41, 5.74) is 10.7. The van der Waals surface area contributed by atoms with Crippen molar-refractivity contribution in [2.75, 3.05) is 17.6 Å². The van der Waals surface area contributed by atoms with Crippen molar-refractivity contribution in [3.8, 4) is 0 Å². The number of hydrogen-bond acceptors (Lipinski definition) is 3. The molecule has 0 saturated carbocycles. The quantitative estimate of drug-likeness (QED) is 0.411. The van der Waals surface area contributed by atoms with E-state index in [-0.39, 0.29) is 18.0 Å². The number of nitrogen functional groups attached to an aromatic ring is 1. The average molecular weight is 449 g/mol. The molecular formula is C25H25ClN4O2. The van der Waals surface area contributed by atoms with Gasteiger partial charge in [0.2, 0.25) is 0 Å². The highest BCUT2D eigenvalue weighted by Gasteiger charge is 2.25. The van der Waals surface area contributed by atoms with Crippen molar-refractivity contribution in [1.29, 1.82) is 0 Å².